The Morgan fingerprint density at radius 1 is 1.19 bits per heavy atom. The fourth-order valence-corrected chi connectivity index (χ4v) is 3.35. The summed E-state index contributed by atoms with van der Waals surface area (Å²) in [5, 5.41) is 20.8. The van der Waals surface area contributed by atoms with Gasteiger partial charge in [0.15, 0.2) is 0 Å². The van der Waals surface area contributed by atoms with Gasteiger partial charge in [-0.15, -0.1) is 0 Å². The SMILES string of the molecule is CCC(=N)c1cc2cncc(-c3cnc(CCC(C)C)c(Cl)c3)c2cc1O. The average molecular weight is 382 g/mol. The first-order valence-electron chi connectivity index (χ1n) is 9.24. The quantitative estimate of drug-likeness (QED) is 0.512. The molecule has 3 aromatic rings. The summed E-state index contributed by atoms with van der Waals surface area (Å²) in [5.41, 5.74) is 3.58. The zero-order valence-corrected chi connectivity index (χ0v) is 16.6. The van der Waals surface area contributed by atoms with Crippen LogP contribution in [0.25, 0.3) is 21.9 Å². The summed E-state index contributed by atoms with van der Waals surface area (Å²) in [5.74, 6) is 0.707. The minimum Gasteiger partial charge on any atom is -0.507 e. The van der Waals surface area contributed by atoms with Crippen LogP contribution in [0.5, 0.6) is 5.75 Å². The molecule has 0 saturated carbocycles. The third-order valence-electron chi connectivity index (χ3n) is 4.74. The molecule has 2 N–H and O–H groups in total. The van der Waals surface area contributed by atoms with E-state index in [4.69, 9.17) is 17.0 Å². The fourth-order valence-electron chi connectivity index (χ4n) is 3.09. The summed E-state index contributed by atoms with van der Waals surface area (Å²) < 4.78 is 0. The highest BCUT2D eigenvalue weighted by molar-refractivity contribution is 6.31. The molecular weight excluding hydrogens is 358 g/mol. The molecule has 0 aliphatic heterocycles. The maximum absolute atomic E-state index is 10.4. The first kappa shape index (κ1) is 19.3. The van der Waals surface area contributed by atoms with Crippen molar-refractivity contribution in [1.29, 1.82) is 5.41 Å². The van der Waals surface area contributed by atoms with Gasteiger partial charge < -0.3 is 10.5 Å². The Kier molecular flexibility index (Phi) is 5.76. The van der Waals surface area contributed by atoms with Crippen molar-refractivity contribution in [3.63, 3.8) is 0 Å². The number of fused-ring (bicyclic) bond motifs is 1. The minimum atomic E-state index is 0.106. The highest BCUT2D eigenvalue weighted by Gasteiger charge is 2.13. The minimum absolute atomic E-state index is 0.106. The lowest BCUT2D eigenvalue weighted by atomic mass is 9.97. The smallest absolute Gasteiger partial charge is 0.125 e. The lowest BCUT2D eigenvalue weighted by Crippen LogP contribution is -1.98. The number of aromatic hydroxyl groups is 1. The van der Waals surface area contributed by atoms with Crippen molar-refractivity contribution < 1.29 is 5.11 Å². The van der Waals surface area contributed by atoms with Gasteiger partial charge >= 0.3 is 0 Å². The average Bonchev–Trinajstić information content (AvgIpc) is 2.65. The number of aromatic nitrogens is 2. The van der Waals surface area contributed by atoms with E-state index in [1.807, 2.05) is 25.3 Å². The third-order valence-corrected chi connectivity index (χ3v) is 5.07. The summed E-state index contributed by atoms with van der Waals surface area (Å²) in [7, 11) is 0. The molecule has 0 fully saturated rings. The Morgan fingerprint density at radius 3 is 2.63 bits per heavy atom. The molecule has 5 heteroatoms. The Morgan fingerprint density at radius 2 is 1.96 bits per heavy atom. The molecule has 0 aliphatic carbocycles. The molecule has 0 atom stereocenters. The van der Waals surface area contributed by atoms with Gasteiger partial charge in [0, 0.05) is 46.4 Å². The molecule has 0 amide bonds. The maximum Gasteiger partial charge on any atom is 0.125 e. The van der Waals surface area contributed by atoms with Crippen LogP contribution in [-0.4, -0.2) is 20.8 Å². The number of rotatable bonds is 6. The van der Waals surface area contributed by atoms with Crippen molar-refractivity contribution in [3.05, 3.63) is 53.1 Å². The van der Waals surface area contributed by atoms with E-state index in [1.54, 1.807) is 18.5 Å². The zero-order chi connectivity index (χ0) is 19.6. The Bertz CT molecular complexity index is 998. The van der Waals surface area contributed by atoms with Gasteiger partial charge in [-0.2, -0.15) is 0 Å². The van der Waals surface area contributed by atoms with Gasteiger partial charge in [-0.05, 0) is 48.8 Å². The van der Waals surface area contributed by atoms with Crippen molar-refractivity contribution in [1.82, 2.24) is 9.97 Å². The number of phenolic OH excluding ortho intramolecular Hbond substituents is 1. The van der Waals surface area contributed by atoms with E-state index >= 15 is 0 Å². The Hall–Kier alpha value is -2.46. The maximum atomic E-state index is 10.4. The molecule has 0 bridgehead atoms. The van der Waals surface area contributed by atoms with Crippen molar-refractivity contribution in [2.45, 2.75) is 40.0 Å². The number of nitrogens with one attached hydrogen (secondary N) is 1. The second-order valence-corrected chi connectivity index (χ2v) is 7.60. The number of aryl methyl sites for hydroxylation is 1. The van der Waals surface area contributed by atoms with Crippen LogP contribution >= 0.6 is 11.6 Å². The molecule has 0 unspecified atom stereocenters. The van der Waals surface area contributed by atoms with Gasteiger partial charge in [0.25, 0.3) is 0 Å². The lowest BCUT2D eigenvalue weighted by molar-refractivity contribution is 0.475. The molecular formula is C22H24ClN3O. The first-order valence-corrected chi connectivity index (χ1v) is 9.61. The fraction of sp³-hybridized carbons (Fsp3) is 0.318. The number of hydrogen-bond donors (Lipinski definition) is 2. The van der Waals surface area contributed by atoms with Crippen LogP contribution in [0.2, 0.25) is 5.02 Å². The van der Waals surface area contributed by atoms with Crippen LogP contribution < -0.4 is 0 Å². The molecule has 27 heavy (non-hydrogen) atoms. The largest absolute Gasteiger partial charge is 0.507 e. The van der Waals surface area contributed by atoms with Crippen LogP contribution in [0.4, 0.5) is 0 Å². The number of halogens is 1. The summed E-state index contributed by atoms with van der Waals surface area (Å²) in [6, 6.07) is 5.44. The van der Waals surface area contributed by atoms with Crippen LogP contribution in [0.15, 0.2) is 36.8 Å². The van der Waals surface area contributed by atoms with Gasteiger partial charge in [-0.25, -0.2) is 0 Å². The second-order valence-electron chi connectivity index (χ2n) is 7.19. The van der Waals surface area contributed by atoms with Gasteiger partial charge in [-0.3, -0.25) is 9.97 Å². The van der Waals surface area contributed by atoms with Crippen LogP contribution in [0.3, 0.4) is 0 Å². The summed E-state index contributed by atoms with van der Waals surface area (Å²) in [6.45, 7) is 6.27. The molecule has 140 valence electrons. The molecule has 0 spiro atoms. The standard InChI is InChI=1S/C22H24ClN3O/c1-4-20(24)17-7-14-10-25-12-18(16(14)9-22(17)27)15-8-19(23)21(26-11-15)6-5-13(2)3/h7-13,24,27H,4-6H2,1-3H3. The van der Waals surface area contributed by atoms with Crippen molar-refractivity contribution in [3.8, 4) is 16.9 Å². The molecule has 0 aliphatic rings. The number of hydrogen-bond acceptors (Lipinski definition) is 4. The van der Waals surface area contributed by atoms with Crippen LogP contribution in [0.1, 0.15) is 44.9 Å². The highest BCUT2D eigenvalue weighted by Crippen LogP contribution is 2.34. The van der Waals surface area contributed by atoms with Gasteiger partial charge in [0.2, 0.25) is 0 Å². The number of benzene rings is 1. The molecule has 0 radical (unpaired) electrons. The van der Waals surface area contributed by atoms with E-state index in [1.165, 1.54) is 0 Å². The zero-order valence-electron chi connectivity index (χ0n) is 15.9. The normalized spacial score (nSPS) is 11.3. The summed E-state index contributed by atoms with van der Waals surface area (Å²) >= 11 is 6.47. The van der Waals surface area contributed by atoms with E-state index in [2.05, 4.69) is 23.8 Å². The van der Waals surface area contributed by atoms with E-state index < -0.39 is 0 Å². The first-order chi connectivity index (χ1) is 12.9. The number of phenols is 1. The van der Waals surface area contributed by atoms with E-state index in [0.717, 1.165) is 40.4 Å². The molecule has 3 rings (SSSR count). The topological polar surface area (TPSA) is 69.9 Å². The highest BCUT2D eigenvalue weighted by atomic mass is 35.5. The molecule has 2 heterocycles. The predicted octanol–water partition coefficient (Wildman–Crippen LogP) is 6.02. The molecule has 4 nitrogen and oxygen atoms in total. The van der Waals surface area contributed by atoms with Gasteiger partial charge in [-0.1, -0.05) is 32.4 Å². The summed E-state index contributed by atoms with van der Waals surface area (Å²) in [6.07, 6.45) is 7.78. The number of pyridine rings is 2. The van der Waals surface area contributed by atoms with Gasteiger partial charge in [0.1, 0.15) is 5.75 Å². The monoisotopic (exact) mass is 381 g/mol. The van der Waals surface area contributed by atoms with Crippen molar-refractivity contribution in [2.24, 2.45) is 5.92 Å². The van der Waals surface area contributed by atoms with Crippen LogP contribution in [-0.2, 0) is 6.42 Å². The molecule has 2 aromatic heterocycles. The Balaban J connectivity index is 2.05. The van der Waals surface area contributed by atoms with Gasteiger partial charge in [0.05, 0.1) is 10.7 Å². The van der Waals surface area contributed by atoms with E-state index in [-0.39, 0.29) is 5.75 Å². The second kappa shape index (κ2) is 8.05. The Labute approximate surface area is 164 Å². The van der Waals surface area contributed by atoms with Crippen molar-refractivity contribution in [2.75, 3.05) is 0 Å². The number of nitrogens with zero attached hydrogens (tertiary/aromatic N) is 2. The predicted molar refractivity (Wildman–Crippen MR) is 112 cm³/mol. The summed E-state index contributed by atoms with van der Waals surface area (Å²) in [4.78, 5) is 8.89. The molecule has 0 saturated heterocycles. The van der Waals surface area contributed by atoms with Crippen LogP contribution in [0, 0.1) is 11.3 Å². The van der Waals surface area contributed by atoms with Crippen molar-refractivity contribution >= 4 is 28.1 Å². The lowest BCUT2D eigenvalue weighted by Gasteiger charge is -2.12. The van der Waals surface area contributed by atoms with E-state index in [0.29, 0.717) is 28.6 Å². The van der Waals surface area contributed by atoms with E-state index in [9.17, 15) is 5.11 Å². The third kappa shape index (κ3) is 4.11. The molecule has 1 aromatic carbocycles.